The van der Waals surface area contributed by atoms with Crippen molar-refractivity contribution in [3.05, 3.63) is 60.8 Å². The number of unbranched alkanes of at least 4 members (excludes halogenated alkanes) is 36. The Bertz CT molecular complexity index is 1260. The summed E-state index contributed by atoms with van der Waals surface area (Å²) in [6.07, 6.45) is 73.5. The minimum absolute atomic E-state index is 0.0824. The zero-order valence-electron chi connectivity index (χ0n) is 46.5. The van der Waals surface area contributed by atoms with Gasteiger partial charge in [-0.25, -0.2) is 0 Å². The lowest BCUT2D eigenvalue weighted by atomic mass is 10.1. The van der Waals surface area contributed by atoms with Gasteiger partial charge in [0, 0.05) is 19.3 Å². The highest BCUT2D eigenvalue weighted by molar-refractivity contribution is 5.71. The Morgan fingerprint density at radius 1 is 0.286 bits per heavy atom. The molecule has 0 aromatic carbocycles. The predicted molar refractivity (Wildman–Crippen MR) is 302 cm³/mol. The fourth-order valence-corrected chi connectivity index (χ4v) is 8.66. The summed E-state index contributed by atoms with van der Waals surface area (Å²) in [6.45, 7) is 6.61. The van der Waals surface area contributed by atoms with E-state index in [1.165, 1.54) is 193 Å². The van der Waals surface area contributed by atoms with E-state index in [4.69, 9.17) is 14.2 Å². The van der Waals surface area contributed by atoms with Gasteiger partial charge < -0.3 is 14.2 Å². The van der Waals surface area contributed by atoms with Gasteiger partial charge in [-0.15, -0.1) is 0 Å². The third-order valence-electron chi connectivity index (χ3n) is 13.3. The van der Waals surface area contributed by atoms with Crippen LogP contribution in [0.5, 0.6) is 0 Å². The smallest absolute Gasteiger partial charge is 0.306 e. The normalized spacial score (nSPS) is 12.4. The predicted octanol–water partition coefficient (Wildman–Crippen LogP) is 20.4. The van der Waals surface area contributed by atoms with Crippen LogP contribution in [0.15, 0.2) is 60.8 Å². The van der Waals surface area contributed by atoms with Gasteiger partial charge in [0.15, 0.2) is 6.10 Å². The van der Waals surface area contributed by atoms with Gasteiger partial charge in [0.05, 0.1) is 0 Å². The maximum absolute atomic E-state index is 12.9. The van der Waals surface area contributed by atoms with Crippen LogP contribution in [-0.4, -0.2) is 37.2 Å². The number of hydrogen-bond donors (Lipinski definition) is 0. The standard InChI is InChI=1S/C64H114O6/c1-4-7-10-13-16-19-22-25-28-30-32-34-36-39-42-45-48-51-54-57-63(66)69-60-61(59-68-62(65)56-53-50-47-44-41-38-35-27-24-21-18-15-12-9-6-3)70-64(67)58-55-52-49-46-43-40-37-33-31-29-26-23-20-17-14-11-8-5-2/h16,19,21-22,24-25,29,31,33,37,61H,4-15,17-18,20,23,26-28,30,32,34-36,38-60H2,1-3H3/b19-16-,24-21-,25-22-,31-29-,37-33-. The van der Waals surface area contributed by atoms with E-state index < -0.39 is 6.10 Å². The Hall–Kier alpha value is -2.89. The van der Waals surface area contributed by atoms with E-state index in [1.807, 2.05) is 0 Å². The van der Waals surface area contributed by atoms with Crippen molar-refractivity contribution in [1.82, 2.24) is 0 Å². The molecule has 0 fully saturated rings. The van der Waals surface area contributed by atoms with Crippen LogP contribution in [-0.2, 0) is 28.6 Å². The number of allylic oxidation sites excluding steroid dienone is 10. The summed E-state index contributed by atoms with van der Waals surface area (Å²) in [5.41, 5.74) is 0. The Labute approximate surface area is 434 Å². The Morgan fingerprint density at radius 2 is 0.514 bits per heavy atom. The third kappa shape index (κ3) is 56.0. The first-order chi connectivity index (χ1) is 34.5. The molecule has 406 valence electrons. The lowest BCUT2D eigenvalue weighted by Crippen LogP contribution is -2.30. The molecule has 0 aromatic rings. The van der Waals surface area contributed by atoms with Crippen LogP contribution in [0, 0.1) is 0 Å². The second-order valence-electron chi connectivity index (χ2n) is 20.3. The van der Waals surface area contributed by atoms with Crippen molar-refractivity contribution in [1.29, 1.82) is 0 Å². The Balaban J connectivity index is 4.39. The summed E-state index contributed by atoms with van der Waals surface area (Å²) < 4.78 is 16.9. The van der Waals surface area contributed by atoms with E-state index in [2.05, 4.69) is 81.5 Å². The van der Waals surface area contributed by atoms with E-state index in [0.29, 0.717) is 19.3 Å². The first-order valence-corrected chi connectivity index (χ1v) is 30.3. The summed E-state index contributed by atoms with van der Waals surface area (Å²) in [5, 5.41) is 0. The van der Waals surface area contributed by atoms with E-state index in [0.717, 1.165) is 77.0 Å². The molecule has 0 aromatic heterocycles. The summed E-state index contributed by atoms with van der Waals surface area (Å²) in [6, 6.07) is 0. The third-order valence-corrected chi connectivity index (χ3v) is 13.3. The maximum atomic E-state index is 12.9. The van der Waals surface area contributed by atoms with Crippen LogP contribution >= 0.6 is 0 Å². The maximum Gasteiger partial charge on any atom is 0.306 e. The summed E-state index contributed by atoms with van der Waals surface area (Å²) in [4.78, 5) is 38.2. The first-order valence-electron chi connectivity index (χ1n) is 30.3. The molecule has 0 saturated carbocycles. The van der Waals surface area contributed by atoms with Crippen LogP contribution in [0.3, 0.4) is 0 Å². The molecule has 0 rings (SSSR count). The van der Waals surface area contributed by atoms with Crippen LogP contribution in [0.1, 0.15) is 310 Å². The molecule has 6 heteroatoms. The highest BCUT2D eigenvalue weighted by atomic mass is 16.6. The molecule has 70 heavy (non-hydrogen) atoms. The van der Waals surface area contributed by atoms with Gasteiger partial charge in [-0.05, 0) is 96.3 Å². The fraction of sp³-hybridized carbons (Fsp3) is 0.797. The van der Waals surface area contributed by atoms with Gasteiger partial charge in [0.25, 0.3) is 0 Å². The summed E-state index contributed by atoms with van der Waals surface area (Å²) in [7, 11) is 0. The van der Waals surface area contributed by atoms with Gasteiger partial charge in [0.1, 0.15) is 13.2 Å². The number of rotatable bonds is 55. The average Bonchev–Trinajstić information content (AvgIpc) is 3.36. The molecule has 0 aliphatic heterocycles. The zero-order valence-corrected chi connectivity index (χ0v) is 46.5. The molecule has 0 bridgehead atoms. The van der Waals surface area contributed by atoms with Crippen LogP contribution in [0.2, 0.25) is 0 Å². The van der Waals surface area contributed by atoms with Crippen LogP contribution in [0.25, 0.3) is 0 Å². The molecule has 1 atom stereocenters. The summed E-state index contributed by atoms with van der Waals surface area (Å²) >= 11 is 0. The zero-order chi connectivity index (χ0) is 50.7. The minimum Gasteiger partial charge on any atom is -0.462 e. The van der Waals surface area contributed by atoms with E-state index in [1.54, 1.807) is 0 Å². The minimum atomic E-state index is -0.786. The van der Waals surface area contributed by atoms with Gasteiger partial charge >= 0.3 is 17.9 Å². The van der Waals surface area contributed by atoms with Crippen LogP contribution < -0.4 is 0 Å². The fourth-order valence-electron chi connectivity index (χ4n) is 8.66. The molecule has 0 radical (unpaired) electrons. The van der Waals surface area contributed by atoms with Gasteiger partial charge in [-0.3, -0.25) is 14.4 Å². The highest BCUT2D eigenvalue weighted by Gasteiger charge is 2.19. The van der Waals surface area contributed by atoms with E-state index >= 15 is 0 Å². The van der Waals surface area contributed by atoms with Crippen molar-refractivity contribution < 1.29 is 28.6 Å². The molecule has 0 heterocycles. The van der Waals surface area contributed by atoms with Crippen molar-refractivity contribution in [2.45, 2.75) is 316 Å². The van der Waals surface area contributed by atoms with Gasteiger partial charge in [-0.2, -0.15) is 0 Å². The van der Waals surface area contributed by atoms with Crippen molar-refractivity contribution in [2.24, 2.45) is 0 Å². The molecular weight excluding hydrogens is 865 g/mol. The van der Waals surface area contributed by atoms with Gasteiger partial charge in [0.2, 0.25) is 0 Å². The van der Waals surface area contributed by atoms with Crippen molar-refractivity contribution >= 4 is 17.9 Å². The van der Waals surface area contributed by atoms with Crippen molar-refractivity contribution in [2.75, 3.05) is 13.2 Å². The Morgan fingerprint density at radius 3 is 0.843 bits per heavy atom. The number of esters is 3. The number of carbonyl (C=O) groups is 3. The second kappa shape index (κ2) is 58.7. The van der Waals surface area contributed by atoms with Crippen molar-refractivity contribution in [3.63, 3.8) is 0 Å². The molecule has 1 unspecified atom stereocenters. The molecular formula is C64H114O6. The number of hydrogen-bond acceptors (Lipinski definition) is 6. The molecule has 0 aliphatic rings. The molecule has 0 N–H and O–H groups in total. The average molecular weight is 980 g/mol. The Kier molecular flexibility index (Phi) is 56.3. The quantitative estimate of drug-likeness (QED) is 0.0199. The lowest BCUT2D eigenvalue weighted by Gasteiger charge is -2.18. The van der Waals surface area contributed by atoms with Gasteiger partial charge in [-0.1, -0.05) is 255 Å². The molecule has 0 amide bonds. The van der Waals surface area contributed by atoms with Crippen LogP contribution in [0.4, 0.5) is 0 Å². The van der Waals surface area contributed by atoms with E-state index in [9.17, 15) is 14.4 Å². The van der Waals surface area contributed by atoms with Crippen molar-refractivity contribution in [3.8, 4) is 0 Å². The lowest BCUT2D eigenvalue weighted by molar-refractivity contribution is -0.167. The topological polar surface area (TPSA) is 78.9 Å². The SMILES string of the molecule is CCCCC/C=C\C=C/CCCCCCCCCCCCC(=O)OCC(COC(=O)CCCCCCCCC/C=C\CCCCCC)OC(=O)CCCCCCC/C=C\C=C/CCCCCCCCC. The highest BCUT2D eigenvalue weighted by Crippen LogP contribution is 2.16. The largest absolute Gasteiger partial charge is 0.462 e. The monoisotopic (exact) mass is 979 g/mol. The van der Waals surface area contributed by atoms with E-state index in [-0.39, 0.29) is 31.1 Å². The molecule has 0 aliphatic carbocycles. The summed E-state index contributed by atoms with van der Waals surface area (Å²) in [5.74, 6) is -0.892. The second-order valence-corrected chi connectivity index (χ2v) is 20.3. The first kappa shape index (κ1) is 67.1. The number of ether oxygens (including phenoxy) is 3. The molecule has 6 nitrogen and oxygen atoms in total. The number of carbonyl (C=O) groups excluding carboxylic acids is 3. The molecule has 0 saturated heterocycles. The molecule has 0 spiro atoms.